The van der Waals surface area contributed by atoms with Crippen molar-refractivity contribution in [2.24, 2.45) is 0 Å². The lowest BCUT2D eigenvalue weighted by Gasteiger charge is -2.08. The summed E-state index contributed by atoms with van der Waals surface area (Å²) in [7, 11) is 0. The summed E-state index contributed by atoms with van der Waals surface area (Å²) in [6, 6.07) is 5.31. The van der Waals surface area contributed by atoms with Crippen molar-refractivity contribution in [2.45, 2.75) is 39.0 Å². The molecule has 0 aliphatic carbocycles. The van der Waals surface area contributed by atoms with Gasteiger partial charge in [-0.05, 0) is 18.6 Å². The summed E-state index contributed by atoms with van der Waals surface area (Å²) in [5, 5.41) is 0.628. The van der Waals surface area contributed by atoms with E-state index >= 15 is 0 Å². The predicted octanol–water partition coefficient (Wildman–Crippen LogP) is 4.27. The van der Waals surface area contributed by atoms with Gasteiger partial charge in [0, 0.05) is 11.8 Å². The molecule has 0 atom stereocenters. The van der Waals surface area contributed by atoms with Crippen LogP contribution in [0.4, 0.5) is 5.69 Å². The van der Waals surface area contributed by atoms with Crippen molar-refractivity contribution in [3.63, 3.8) is 0 Å². The van der Waals surface area contributed by atoms with Gasteiger partial charge in [-0.1, -0.05) is 44.2 Å². The van der Waals surface area contributed by atoms with Crippen LogP contribution in [0, 0.1) is 0 Å². The van der Waals surface area contributed by atoms with Crippen LogP contribution in [0.3, 0.4) is 0 Å². The van der Waals surface area contributed by atoms with Crippen molar-refractivity contribution in [3.8, 4) is 5.75 Å². The number of halogens is 1. The maximum Gasteiger partial charge on any atom is 0.139 e. The van der Waals surface area contributed by atoms with E-state index in [4.69, 9.17) is 22.1 Å². The molecule has 1 aromatic rings. The normalized spacial score (nSPS) is 10.4. The summed E-state index contributed by atoms with van der Waals surface area (Å²) >= 11 is 5.98. The third-order valence-electron chi connectivity index (χ3n) is 2.46. The number of ether oxygens (including phenoxy) is 1. The second-order valence-corrected chi connectivity index (χ2v) is 4.36. The monoisotopic (exact) mass is 241 g/mol. The summed E-state index contributed by atoms with van der Waals surface area (Å²) in [4.78, 5) is 0. The number of anilines is 1. The van der Waals surface area contributed by atoms with Crippen molar-refractivity contribution < 1.29 is 4.74 Å². The van der Waals surface area contributed by atoms with Gasteiger partial charge in [0.05, 0.1) is 11.6 Å². The second kappa shape index (κ2) is 7.39. The van der Waals surface area contributed by atoms with Crippen molar-refractivity contribution >= 4 is 17.3 Å². The fourth-order valence-corrected chi connectivity index (χ4v) is 1.69. The highest BCUT2D eigenvalue weighted by atomic mass is 35.5. The van der Waals surface area contributed by atoms with Gasteiger partial charge in [-0.15, -0.1) is 0 Å². The number of hydrogen-bond acceptors (Lipinski definition) is 2. The number of benzene rings is 1. The topological polar surface area (TPSA) is 35.2 Å². The van der Waals surface area contributed by atoms with Crippen molar-refractivity contribution in [1.29, 1.82) is 0 Å². The van der Waals surface area contributed by atoms with E-state index in [0.717, 1.165) is 6.42 Å². The van der Waals surface area contributed by atoms with Gasteiger partial charge in [-0.3, -0.25) is 0 Å². The van der Waals surface area contributed by atoms with E-state index in [1.807, 2.05) is 0 Å². The first kappa shape index (κ1) is 13.2. The van der Waals surface area contributed by atoms with Gasteiger partial charge < -0.3 is 10.5 Å². The van der Waals surface area contributed by atoms with E-state index in [1.165, 1.54) is 25.7 Å². The van der Waals surface area contributed by atoms with Crippen LogP contribution in [0.5, 0.6) is 5.75 Å². The lowest BCUT2D eigenvalue weighted by molar-refractivity contribution is 0.305. The van der Waals surface area contributed by atoms with Crippen molar-refractivity contribution in [3.05, 3.63) is 23.2 Å². The summed E-state index contributed by atoms with van der Waals surface area (Å²) in [5.41, 5.74) is 6.34. The Hall–Kier alpha value is -0.890. The van der Waals surface area contributed by atoms with Crippen LogP contribution >= 0.6 is 11.6 Å². The maximum absolute atomic E-state index is 5.98. The van der Waals surface area contributed by atoms with Gasteiger partial charge in [0.15, 0.2) is 0 Å². The minimum absolute atomic E-state index is 0.628. The zero-order valence-electron chi connectivity index (χ0n) is 9.84. The Labute approximate surface area is 103 Å². The Morgan fingerprint density at radius 3 is 2.69 bits per heavy atom. The Bertz CT molecular complexity index is 315. The summed E-state index contributed by atoms with van der Waals surface area (Å²) in [6.07, 6.45) is 6.14. The molecule has 0 aromatic heterocycles. The number of hydrogen-bond donors (Lipinski definition) is 1. The molecule has 0 unspecified atom stereocenters. The largest absolute Gasteiger partial charge is 0.492 e. The Balaban J connectivity index is 2.23. The SMILES string of the molecule is CCCCCCCOc1cc(N)ccc1Cl. The molecule has 16 heavy (non-hydrogen) atoms. The van der Waals surface area contributed by atoms with Crippen LogP contribution in [0.25, 0.3) is 0 Å². The molecule has 0 fully saturated rings. The number of nitrogens with two attached hydrogens (primary N) is 1. The predicted molar refractivity (Wildman–Crippen MR) is 70.1 cm³/mol. The summed E-state index contributed by atoms with van der Waals surface area (Å²) < 4.78 is 5.59. The van der Waals surface area contributed by atoms with Crippen LogP contribution < -0.4 is 10.5 Å². The molecular weight excluding hydrogens is 222 g/mol. The lowest BCUT2D eigenvalue weighted by Crippen LogP contribution is -1.98. The molecular formula is C13H20ClNO. The molecule has 0 saturated carbocycles. The second-order valence-electron chi connectivity index (χ2n) is 3.95. The number of nitrogen functional groups attached to an aromatic ring is 1. The summed E-state index contributed by atoms with van der Waals surface area (Å²) in [6.45, 7) is 2.93. The quantitative estimate of drug-likeness (QED) is 0.572. The molecule has 0 aliphatic rings. The van der Waals surface area contributed by atoms with E-state index < -0.39 is 0 Å². The van der Waals surface area contributed by atoms with E-state index in [9.17, 15) is 0 Å². The third-order valence-corrected chi connectivity index (χ3v) is 2.77. The molecule has 2 nitrogen and oxygen atoms in total. The smallest absolute Gasteiger partial charge is 0.139 e. The zero-order valence-corrected chi connectivity index (χ0v) is 10.6. The third kappa shape index (κ3) is 4.75. The van der Waals surface area contributed by atoms with E-state index in [-0.39, 0.29) is 0 Å². The molecule has 0 saturated heterocycles. The highest BCUT2D eigenvalue weighted by Crippen LogP contribution is 2.26. The number of unbranched alkanes of at least 4 members (excludes halogenated alkanes) is 4. The fraction of sp³-hybridized carbons (Fsp3) is 0.538. The van der Waals surface area contributed by atoms with Crippen LogP contribution in [0.15, 0.2) is 18.2 Å². The Morgan fingerprint density at radius 1 is 1.19 bits per heavy atom. The standard InChI is InChI=1S/C13H20ClNO/c1-2-3-4-5-6-9-16-13-10-11(15)7-8-12(13)14/h7-8,10H,2-6,9,15H2,1H3. The van der Waals surface area contributed by atoms with Gasteiger partial charge in [-0.2, -0.15) is 0 Å². The molecule has 90 valence electrons. The van der Waals surface area contributed by atoms with Crippen molar-refractivity contribution in [1.82, 2.24) is 0 Å². The molecule has 0 spiro atoms. The van der Waals surface area contributed by atoms with E-state index in [0.29, 0.717) is 23.1 Å². The number of rotatable bonds is 7. The molecule has 3 heteroatoms. The fourth-order valence-electron chi connectivity index (χ4n) is 1.52. The molecule has 0 bridgehead atoms. The molecule has 1 aromatic carbocycles. The van der Waals surface area contributed by atoms with Crippen LogP contribution in [0.1, 0.15) is 39.0 Å². The molecule has 0 aliphatic heterocycles. The zero-order chi connectivity index (χ0) is 11.8. The van der Waals surface area contributed by atoms with E-state index in [2.05, 4.69) is 6.92 Å². The van der Waals surface area contributed by atoms with Gasteiger partial charge in [-0.25, -0.2) is 0 Å². The highest BCUT2D eigenvalue weighted by molar-refractivity contribution is 6.32. The molecule has 1 rings (SSSR count). The van der Waals surface area contributed by atoms with Crippen LogP contribution in [-0.2, 0) is 0 Å². The first-order chi connectivity index (χ1) is 7.74. The molecule has 0 radical (unpaired) electrons. The van der Waals surface area contributed by atoms with Crippen LogP contribution in [-0.4, -0.2) is 6.61 Å². The highest BCUT2D eigenvalue weighted by Gasteiger charge is 2.01. The Morgan fingerprint density at radius 2 is 1.94 bits per heavy atom. The van der Waals surface area contributed by atoms with Crippen LogP contribution in [0.2, 0.25) is 5.02 Å². The lowest BCUT2D eigenvalue weighted by atomic mass is 10.2. The molecule has 2 N–H and O–H groups in total. The van der Waals surface area contributed by atoms with Gasteiger partial charge in [0.25, 0.3) is 0 Å². The minimum atomic E-state index is 0.628. The van der Waals surface area contributed by atoms with Gasteiger partial charge in [0.2, 0.25) is 0 Å². The minimum Gasteiger partial charge on any atom is -0.492 e. The van der Waals surface area contributed by atoms with Gasteiger partial charge >= 0.3 is 0 Å². The molecule has 0 amide bonds. The first-order valence-corrected chi connectivity index (χ1v) is 6.29. The summed E-state index contributed by atoms with van der Waals surface area (Å²) in [5.74, 6) is 0.692. The maximum atomic E-state index is 5.98. The average molecular weight is 242 g/mol. The first-order valence-electron chi connectivity index (χ1n) is 5.92. The average Bonchev–Trinajstić information content (AvgIpc) is 2.28. The van der Waals surface area contributed by atoms with E-state index in [1.54, 1.807) is 18.2 Å². The Kier molecular flexibility index (Phi) is 6.09. The van der Waals surface area contributed by atoms with Crippen molar-refractivity contribution in [2.75, 3.05) is 12.3 Å². The molecule has 0 heterocycles. The van der Waals surface area contributed by atoms with Gasteiger partial charge in [0.1, 0.15) is 5.75 Å².